The molecule has 5 heteroatoms. The number of para-hydroxylation sites is 2. The fraction of sp³-hybridized carbons (Fsp3) is 0.529. The molecule has 5 nitrogen and oxygen atoms in total. The van der Waals surface area contributed by atoms with E-state index in [1.807, 2.05) is 18.2 Å². The number of benzene rings is 1. The summed E-state index contributed by atoms with van der Waals surface area (Å²) in [7, 11) is 0. The summed E-state index contributed by atoms with van der Waals surface area (Å²) >= 11 is 0. The molecule has 0 spiro atoms. The van der Waals surface area contributed by atoms with E-state index in [-0.39, 0.29) is 12.5 Å². The van der Waals surface area contributed by atoms with Gasteiger partial charge in [-0.3, -0.25) is 4.79 Å². The highest BCUT2D eigenvalue weighted by Gasteiger charge is 2.27. The molecular weight excluding hydrogens is 280 g/mol. The van der Waals surface area contributed by atoms with E-state index in [4.69, 9.17) is 9.47 Å². The van der Waals surface area contributed by atoms with Crippen molar-refractivity contribution >= 4 is 11.6 Å². The quantitative estimate of drug-likeness (QED) is 0.854. The minimum absolute atomic E-state index is 0.216. The van der Waals surface area contributed by atoms with Crippen molar-refractivity contribution in [3.63, 3.8) is 0 Å². The van der Waals surface area contributed by atoms with Crippen LogP contribution in [0, 0.1) is 0 Å². The number of amides is 1. The maximum atomic E-state index is 12.2. The first kappa shape index (κ1) is 14.9. The normalized spacial score (nSPS) is 21.5. The first-order valence-corrected chi connectivity index (χ1v) is 8.07. The van der Waals surface area contributed by atoms with Gasteiger partial charge in [0.15, 0.2) is 11.5 Å². The van der Waals surface area contributed by atoms with Gasteiger partial charge in [-0.2, -0.15) is 5.10 Å². The van der Waals surface area contributed by atoms with Gasteiger partial charge in [0, 0.05) is 5.71 Å². The number of nitrogens with one attached hydrogen (secondary N) is 1. The molecule has 1 N–H and O–H groups in total. The minimum atomic E-state index is -0.646. The van der Waals surface area contributed by atoms with Crippen LogP contribution in [0.25, 0.3) is 0 Å². The lowest BCUT2D eigenvalue weighted by molar-refractivity contribution is -0.130. The van der Waals surface area contributed by atoms with Gasteiger partial charge in [0.05, 0.1) is 0 Å². The average molecular weight is 302 g/mol. The Morgan fingerprint density at radius 3 is 2.50 bits per heavy atom. The number of carbonyl (C=O) groups excluding carboxylic acids is 1. The molecule has 0 saturated heterocycles. The van der Waals surface area contributed by atoms with Gasteiger partial charge in [0.1, 0.15) is 6.61 Å². The van der Waals surface area contributed by atoms with Gasteiger partial charge in [-0.1, -0.05) is 31.4 Å². The predicted octanol–water partition coefficient (Wildman–Crippen LogP) is 3.04. The molecule has 3 rings (SSSR count). The van der Waals surface area contributed by atoms with Crippen molar-refractivity contribution in [1.82, 2.24) is 5.43 Å². The number of hydrazone groups is 1. The molecule has 1 saturated carbocycles. The molecule has 2 aliphatic rings. The van der Waals surface area contributed by atoms with Gasteiger partial charge in [-0.25, -0.2) is 5.43 Å². The van der Waals surface area contributed by atoms with E-state index in [1.165, 1.54) is 19.3 Å². The highest BCUT2D eigenvalue weighted by Crippen LogP contribution is 2.30. The number of hydrogen-bond donors (Lipinski definition) is 1. The molecule has 1 aliphatic heterocycles. The largest absolute Gasteiger partial charge is 0.485 e. The first-order chi connectivity index (χ1) is 10.8. The second-order valence-corrected chi connectivity index (χ2v) is 5.79. The molecule has 0 bridgehead atoms. The van der Waals surface area contributed by atoms with Crippen molar-refractivity contribution in [3.8, 4) is 11.5 Å². The Morgan fingerprint density at radius 2 is 1.73 bits per heavy atom. The summed E-state index contributed by atoms with van der Waals surface area (Å²) in [5, 5.41) is 4.30. The molecule has 0 radical (unpaired) electrons. The monoisotopic (exact) mass is 302 g/mol. The lowest BCUT2D eigenvalue weighted by atomic mass is 9.99. The lowest BCUT2D eigenvalue weighted by Crippen LogP contribution is -2.42. The predicted molar refractivity (Wildman–Crippen MR) is 84.2 cm³/mol. The summed E-state index contributed by atoms with van der Waals surface area (Å²) in [6.45, 7) is 0.216. The lowest BCUT2D eigenvalue weighted by Gasteiger charge is -2.25. The molecule has 1 aromatic rings. The third-order valence-electron chi connectivity index (χ3n) is 4.06. The van der Waals surface area contributed by atoms with Crippen LogP contribution in [0.2, 0.25) is 0 Å². The number of hydrogen-bond acceptors (Lipinski definition) is 4. The van der Waals surface area contributed by atoms with E-state index in [1.54, 1.807) is 6.07 Å². The fourth-order valence-corrected chi connectivity index (χ4v) is 2.78. The van der Waals surface area contributed by atoms with Gasteiger partial charge in [0.25, 0.3) is 5.91 Å². The Hall–Kier alpha value is -2.04. The minimum Gasteiger partial charge on any atom is -0.485 e. The smallest absolute Gasteiger partial charge is 0.284 e. The highest BCUT2D eigenvalue weighted by atomic mass is 16.6. The molecule has 22 heavy (non-hydrogen) atoms. The molecular formula is C17H22N2O3. The molecule has 1 heterocycles. The second-order valence-electron chi connectivity index (χ2n) is 5.79. The van der Waals surface area contributed by atoms with Crippen LogP contribution in [0.1, 0.15) is 44.9 Å². The summed E-state index contributed by atoms with van der Waals surface area (Å²) in [6.07, 6.45) is 7.44. The molecule has 1 amide bonds. The Labute approximate surface area is 130 Å². The third-order valence-corrected chi connectivity index (χ3v) is 4.06. The van der Waals surface area contributed by atoms with Gasteiger partial charge in [-0.05, 0) is 37.8 Å². The van der Waals surface area contributed by atoms with Crippen LogP contribution < -0.4 is 14.9 Å². The zero-order valence-electron chi connectivity index (χ0n) is 12.7. The van der Waals surface area contributed by atoms with Crippen LogP contribution in [0.4, 0.5) is 0 Å². The summed E-state index contributed by atoms with van der Waals surface area (Å²) in [5.74, 6) is 1.04. The standard InChI is InChI=1S/C17H22N2O3/c20-17(19-18-13-8-4-2-1-3-5-9-13)16-12-21-14-10-6-7-11-15(14)22-16/h6-7,10-11,16H,1-5,8-9,12H2,(H,19,20)/t16-/m1/s1. The fourth-order valence-electron chi connectivity index (χ4n) is 2.78. The maximum Gasteiger partial charge on any atom is 0.284 e. The summed E-state index contributed by atoms with van der Waals surface area (Å²) < 4.78 is 11.2. The van der Waals surface area contributed by atoms with Gasteiger partial charge in [0.2, 0.25) is 6.10 Å². The van der Waals surface area contributed by atoms with Crippen molar-refractivity contribution < 1.29 is 14.3 Å². The van der Waals surface area contributed by atoms with Crippen molar-refractivity contribution in [2.45, 2.75) is 51.0 Å². The van der Waals surface area contributed by atoms with Crippen molar-refractivity contribution in [3.05, 3.63) is 24.3 Å². The number of fused-ring (bicyclic) bond motifs is 1. The molecule has 0 aromatic heterocycles. The Bertz CT molecular complexity index is 547. The summed E-state index contributed by atoms with van der Waals surface area (Å²) in [4.78, 5) is 12.2. The second kappa shape index (κ2) is 7.29. The Kier molecular flexibility index (Phi) is 4.93. The first-order valence-electron chi connectivity index (χ1n) is 8.07. The maximum absolute atomic E-state index is 12.2. The van der Waals surface area contributed by atoms with E-state index in [2.05, 4.69) is 10.5 Å². The molecule has 0 unspecified atom stereocenters. The van der Waals surface area contributed by atoms with Crippen LogP contribution in [0.3, 0.4) is 0 Å². The van der Waals surface area contributed by atoms with Gasteiger partial charge in [-0.15, -0.1) is 0 Å². The van der Waals surface area contributed by atoms with Crippen LogP contribution >= 0.6 is 0 Å². The highest BCUT2D eigenvalue weighted by molar-refractivity contribution is 5.87. The number of nitrogens with zero attached hydrogens (tertiary/aromatic N) is 1. The van der Waals surface area contributed by atoms with Crippen molar-refractivity contribution in [2.24, 2.45) is 5.10 Å². The molecule has 1 aromatic carbocycles. The van der Waals surface area contributed by atoms with Crippen molar-refractivity contribution in [2.75, 3.05) is 6.61 Å². The molecule has 1 atom stereocenters. The van der Waals surface area contributed by atoms with Crippen molar-refractivity contribution in [1.29, 1.82) is 0 Å². The number of rotatable bonds is 2. The Morgan fingerprint density at radius 1 is 1.05 bits per heavy atom. The Balaban J connectivity index is 1.56. The number of carbonyl (C=O) groups is 1. The van der Waals surface area contributed by atoms with Gasteiger partial charge >= 0.3 is 0 Å². The zero-order valence-corrected chi connectivity index (χ0v) is 12.7. The van der Waals surface area contributed by atoms with Crippen LogP contribution in [-0.2, 0) is 4.79 Å². The molecule has 1 fully saturated rings. The summed E-state index contributed by atoms with van der Waals surface area (Å²) in [6, 6.07) is 7.37. The van der Waals surface area contributed by atoms with E-state index in [0.29, 0.717) is 11.5 Å². The van der Waals surface area contributed by atoms with Crippen LogP contribution in [0.15, 0.2) is 29.4 Å². The third kappa shape index (κ3) is 3.78. The van der Waals surface area contributed by atoms with Crippen LogP contribution in [0.5, 0.6) is 11.5 Å². The van der Waals surface area contributed by atoms with Crippen LogP contribution in [-0.4, -0.2) is 24.3 Å². The topological polar surface area (TPSA) is 59.9 Å². The molecule has 1 aliphatic carbocycles. The van der Waals surface area contributed by atoms with E-state index < -0.39 is 6.10 Å². The van der Waals surface area contributed by atoms with E-state index >= 15 is 0 Å². The SMILES string of the molecule is O=C(NN=C1CCCCCCC1)[C@H]1COc2ccccc2O1. The van der Waals surface area contributed by atoms with E-state index in [0.717, 1.165) is 31.4 Å². The zero-order chi connectivity index (χ0) is 15.2. The van der Waals surface area contributed by atoms with E-state index in [9.17, 15) is 4.79 Å². The molecule has 118 valence electrons. The van der Waals surface area contributed by atoms with Gasteiger partial charge < -0.3 is 9.47 Å². The average Bonchev–Trinajstić information content (AvgIpc) is 2.53. The summed E-state index contributed by atoms with van der Waals surface area (Å²) in [5.41, 5.74) is 3.73. The number of ether oxygens (including phenoxy) is 2.